The maximum Gasteiger partial charge on any atom is 0.412 e. The first-order valence-corrected chi connectivity index (χ1v) is 9.79. The lowest BCUT2D eigenvalue weighted by Gasteiger charge is -2.21. The fourth-order valence-corrected chi connectivity index (χ4v) is 3.06. The molecule has 0 unspecified atom stereocenters. The van der Waals surface area contributed by atoms with Gasteiger partial charge in [0.2, 0.25) is 0 Å². The Morgan fingerprint density at radius 2 is 1.68 bits per heavy atom. The normalized spacial score (nSPS) is 11.9. The van der Waals surface area contributed by atoms with Crippen molar-refractivity contribution in [2.24, 2.45) is 11.8 Å². The molecule has 0 fully saturated rings. The molecular formula is C23H33NO4. The molecule has 1 aromatic carbocycles. The largest absolute Gasteiger partial charge is 0.460 e. The molecule has 154 valence electrons. The van der Waals surface area contributed by atoms with Crippen molar-refractivity contribution in [1.82, 2.24) is 5.32 Å². The second kappa shape index (κ2) is 11.3. The lowest BCUT2D eigenvalue weighted by Crippen LogP contribution is -2.30. The van der Waals surface area contributed by atoms with Gasteiger partial charge in [-0.15, -0.1) is 0 Å². The Bertz CT molecular complexity index is 715. The number of amides is 1. The van der Waals surface area contributed by atoms with Crippen LogP contribution in [0.25, 0.3) is 5.57 Å². The number of carbonyl (C=O) groups is 2. The van der Waals surface area contributed by atoms with Gasteiger partial charge in [-0.3, -0.25) is 0 Å². The second-order valence-corrected chi connectivity index (χ2v) is 7.36. The van der Waals surface area contributed by atoms with Gasteiger partial charge in [0.05, 0.1) is 6.54 Å². The van der Waals surface area contributed by atoms with Gasteiger partial charge < -0.3 is 14.8 Å². The maximum absolute atomic E-state index is 11.9. The number of esters is 1. The maximum atomic E-state index is 11.9. The molecule has 0 aliphatic carbocycles. The van der Waals surface area contributed by atoms with Gasteiger partial charge in [0.1, 0.15) is 12.4 Å². The minimum Gasteiger partial charge on any atom is -0.460 e. The quantitative estimate of drug-likeness (QED) is 0.351. The van der Waals surface area contributed by atoms with Crippen LogP contribution in [0.4, 0.5) is 4.79 Å². The number of hydrogen-bond donors (Lipinski definition) is 1. The van der Waals surface area contributed by atoms with E-state index in [1.54, 1.807) is 19.1 Å². The summed E-state index contributed by atoms with van der Waals surface area (Å²) in [6, 6.07) is 7.58. The summed E-state index contributed by atoms with van der Waals surface area (Å²) in [5, 5.41) is 2.55. The molecule has 0 aliphatic heterocycles. The first kappa shape index (κ1) is 23.5. The van der Waals surface area contributed by atoms with E-state index in [9.17, 15) is 9.59 Å². The molecule has 0 saturated heterocycles. The van der Waals surface area contributed by atoms with E-state index in [1.165, 1.54) is 11.1 Å². The molecule has 1 N–H and O–H groups in total. The zero-order valence-electron chi connectivity index (χ0n) is 17.9. The Morgan fingerprint density at radius 3 is 2.14 bits per heavy atom. The van der Waals surface area contributed by atoms with Crippen molar-refractivity contribution in [3.05, 3.63) is 47.6 Å². The van der Waals surface area contributed by atoms with Crippen LogP contribution in [0.1, 0.15) is 53.5 Å². The number of hydrogen-bond acceptors (Lipinski definition) is 4. The van der Waals surface area contributed by atoms with Gasteiger partial charge in [-0.2, -0.15) is 0 Å². The lowest BCUT2D eigenvalue weighted by molar-refractivity contribution is -0.138. The van der Waals surface area contributed by atoms with Crippen molar-refractivity contribution in [2.45, 2.75) is 48.0 Å². The average molecular weight is 388 g/mol. The second-order valence-electron chi connectivity index (χ2n) is 7.36. The van der Waals surface area contributed by atoms with E-state index in [0.29, 0.717) is 23.2 Å². The summed E-state index contributed by atoms with van der Waals surface area (Å²) < 4.78 is 10.2. The van der Waals surface area contributed by atoms with Gasteiger partial charge >= 0.3 is 12.1 Å². The molecule has 0 heterocycles. The molecule has 0 aromatic heterocycles. The van der Waals surface area contributed by atoms with Crippen LogP contribution < -0.4 is 10.1 Å². The molecule has 0 aliphatic rings. The van der Waals surface area contributed by atoms with E-state index in [0.717, 1.165) is 12.0 Å². The molecular weight excluding hydrogens is 354 g/mol. The van der Waals surface area contributed by atoms with Crippen molar-refractivity contribution < 1.29 is 19.1 Å². The zero-order valence-corrected chi connectivity index (χ0v) is 17.9. The highest BCUT2D eigenvalue weighted by Crippen LogP contribution is 2.33. The minimum atomic E-state index is -0.588. The van der Waals surface area contributed by atoms with Crippen molar-refractivity contribution in [2.75, 3.05) is 13.2 Å². The molecule has 0 atom stereocenters. The summed E-state index contributed by atoms with van der Waals surface area (Å²) >= 11 is 0. The Morgan fingerprint density at radius 1 is 1.07 bits per heavy atom. The number of allylic oxidation sites excluding steroid dienone is 2. The summed E-state index contributed by atoms with van der Waals surface area (Å²) in [5.74, 6) is 0.885. The highest BCUT2D eigenvalue weighted by Gasteiger charge is 2.15. The lowest BCUT2D eigenvalue weighted by atomic mass is 9.85. The van der Waals surface area contributed by atoms with Crippen LogP contribution in [0, 0.1) is 11.8 Å². The summed E-state index contributed by atoms with van der Waals surface area (Å²) in [6.45, 7) is 16.3. The van der Waals surface area contributed by atoms with Crippen LogP contribution in [0.15, 0.2) is 42.0 Å². The third kappa shape index (κ3) is 7.22. The number of ether oxygens (including phenoxy) is 2. The predicted molar refractivity (Wildman–Crippen MR) is 113 cm³/mol. The van der Waals surface area contributed by atoms with E-state index in [4.69, 9.17) is 9.47 Å². The summed E-state index contributed by atoms with van der Waals surface area (Å²) in [5.41, 5.74) is 4.28. The monoisotopic (exact) mass is 387 g/mol. The van der Waals surface area contributed by atoms with E-state index in [2.05, 4.69) is 46.5 Å². The van der Waals surface area contributed by atoms with Crippen molar-refractivity contribution in [3.63, 3.8) is 0 Å². The molecule has 28 heavy (non-hydrogen) atoms. The number of nitrogens with one attached hydrogen (secondary N) is 1. The molecule has 0 spiro atoms. The van der Waals surface area contributed by atoms with Crippen molar-refractivity contribution in [3.8, 4) is 5.75 Å². The first-order chi connectivity index (χ1) is 13.2. The highest BCUT2D eigenvalue weighted by atomic mass is 16.6. The Balaban J connectivity index is 2.70. The van der Waals surface area contributed by atoms with Crippen LogP contribution in [-0.2, 0) is 9.53 Å². The summed E-state index contributed by atoms with van der Waals surface area (Å²) in [6.07, 6.45) is 0.428. The van der Waals surface area contributed by atoms with Gasteiger partial charge in [-0.25, -0.2) is 9.59 Å². The molecule has 5 heteroatoms. The number of carbonyl (C=O) groups excluding carboxylic acids is 2. The molecule has 0 bridgehead atoms. The van der Waals surface area contributed by atoms with Gasteiger partial charge in [-0.05, 0) is 48.4 Å². The van der Waals surface area contributed by atoms with Crippen LogP contribution in [-0.4, -0.2) is 25.2 Å². The van der Waals surface area contributed by atoms with E-state index < -0.39 is 12.1 Å². The molecule has 0 saturated carbocycles. The van der Waals surface area contributed by atoms with Gasteiger partial charge in [-0.1, -0.05) is 58.9 Å². The predicted octanol–water partition coefficient (Wildman–Crippen LogP) is 5.37. The van der Waals surface area contributed by atoms with Crippen molar-refractivity contribution >= 4 is 17.6 Å². The van der Waals surface area contributed by atoms with Crippen LogP contribution in [0.2, 0.25) is 0 Å². The van der Waals surface area contributed by atoms with Crippen LogP contribution in [0.5, 0.6) is 5.75 Å². The Hall–Kier alpha value is -2.56. The molecule has 1 aromatic rings. The minimum absolute atomic E-state index is 0.0667. The first-order valence-electron chi connectivity index (χ1n) is 9.79. The molecule has 5 nitrogen and oxygen atoms in total. The fraction of sp³-hybridized carbons (Fsp3) is 0.478. The number of rotatable bonds is 9. The van der Waals surface area contributed by atoms with E-state index in [1.807, 2.05) is 12.1 Å². The van der Waals surface area contributed by atoms with Gasteiger partial charge in [0, 0.05) is 5.57 Å². The highest BCUT2D eigenvalue weighted by molar-refractivity contribution is 5.86. The average Bonchev–Trinajstić information content (AvgIpc) is 2.63. The smallest absolute Gasteiger partial charge is 0.412 e. The summed E-state index contributed by atoms with van der Waals surface area (Å²) in [7, 11) is 0. The van der Waals surface area contributed by atoms with Crippen LogP contribution >= 0.6 is 0 Å². The van der Waals surface area contributed by atoms with Gasteiger partial charge in [0.25, 0.3) is 0 Å². The van der Waals surface area contributed by atoms with E-state index >= 15 is 0 Å². The fourth-order valence-electron chi connectivity index (χ4n) is 3.06. The third-order valence-electron chi connectivity index (χ3n) is 4.33. The van der Waals surface area contributed by atoms with Crippen LogP contribution in [0.3, 0.4) is 0 Å². The third-order valence-corrected chi connectivity index (χ3v) is 4.33. The SMILES string of the molecule is C=C(C)C(=O)OCCNC(=O)Oc1ccc(/C(=C(/CC)C(C)C)C(C)C)cc1. The molecule has 0 radical (unpaired) electrons. The Kier molecular flexibility index (Phi) is 9.49. The zero-order chi connectivity index (χ0) is 21.3. The molecule has 1 amide bonds. The number of benzene rings is 1. The van der Waals surface area contributed by atoms with Gasteiger partial charge in [0.15, 0.2) is 0 Å². The van der Waals surface area contributed by atoms with E-state index in [-0.39, 0.29) is 13.2 Å². The standard InChI is InChI=1S/C23H33NO4/c1-8-20(15(2)3)21(16(4)5)18-9-11-19(12-10-18)28-23(26)24-13-14-27-22(25)17(6)7/h9-12,15-16H,6,8,13-14H2,1-5,7H3,(H,24,26)/b21-20-. The topological polar surface area (TPSA) is 64.6 Å². The van der Waals surface area contributed by atoms with Crippen molar-refractivity contribution in [1.29, 1.82) is 0 Å². The Labute approximate surface area is 168 Å². The molecule has 1 rings (SSSR count). The summed E-state index contributed by atoms with van der Waals surface area (Å²) in [4.78, 5) is 23.1.